The van der Waals surface area contributed by atoms with E-state index in [1.807, 2.05) is 49.1 Å². The van der Waals surface area contributed by atoms with Crippen molar-refractivity contribution >= 4 is 35.0 Å². The van der Waals surface area contributed by atoms with Gasteiger partial charge in [-0.3, -0.25) is 4.79 Å². The van der Waals surface area contributed by atoms with Crippen LogP contribution in [-0.4, -0.2) is 47.0 Å². The molecule has 0 aliphatic carbocycles. The Hall–Kier alpha value is -3.19. The zero-order chi connectivity index (χ0) is 22.0. The summed E-state index contributed by atoms with van der Waals surface area (Å²) in [6.07, 6.45) is 0. The second-order valence-electron chi connectivity index (χ2n) is 7.56. The van der Waals surface area contributed by atoms with Crippen molar-refractivity contribution < 1.29 is 9.18 Å². The summed E-state index contributed by atoms with van der Waals surface area (Å²) in [6, 6.07) is 14.2. The van der Waals surface area contributed by atoms with Crippen molar-refractivity contribution in [2.45, 2.75) is 13.8 Å². The molecule has 4 rings (SSSR count). The second kappa shape index (κ2) is 8.89. The normalized spacial score (nSPS) is 13.9. The number of aromatic nitrogens is 2. The minimum Gasteiger partial charge on any atom is -0.340 e. The van der Waals surface area contributed by atoms with Gasteiger partial charge in [0.05, 0.1) is 10.6 Å². The fourth-order valence-corrected chi connectivity index (χ4v) is 3.76. The highest BCUT2D eigenvalue weighted by Gasteiger charge is 2.27. The lowest BCUT2D eigenvalue weighted by molar-refractivity contribution is 0.0741. The Balaban J connectivity index is 1.45. The highest BCUT2D eigenvalue weighted by molar-refractivity contribution is 6.33. The number of amides is 1. The van der Waals surface area contributed by atoms with E-state index in [0.29, 0.717) is 37.9 Å². The van der Waals surface area contributed by atoms with E-state index in [-0.39, 0.29) is 10.6 Å². The molecule has 2 heterocycles. The smallest absolute Gasteiger partial charge is 0.258 e. The van der Waals surface area contributed by atoms with E-state index in [1.165, 1.54) is 23.8 Å². The number of carbonyl (C=O) groups is 1. The molecule has 31 heavy (non-hydrogen) atoms. The lowest BCUT2D eigenvalue weighted by Gasteiger charge is -2.35. The first kappa shape index (κ1) is 21.1. The molecule has 1 fully saturated rings. The number of aryl methyl sites for hydroxylation is 2. The van der Waals surface area contributed by atoms with Gasteiger partial charge in [-0.2, -0.15) is 4.98 Å². The predicted octanol–water partition coefficient (Wildman–Crippen LogP) is 4.59. The van der Waals surface area contributed by atoms with Crippen molar-refractivity contribution in [1.82, 2.24) is 14.9 Å². The van der Waals surface area contributed by atoms with E-state index in [1.54, 1.807) is 4.90 Å². The van der Waals surface area contributed by atoms with Crippen LogP contribution in [0.3, 0.4) is 0 Å². The monoisotopic (exact) mass is 439 g/mol. The number of nitrogens with one attached hydrogen (secondary N) is 1. The molecule has 160 valence electrons. The summed E-state index contributed by atoms with van der Waals surface area (Å²) in [5, 5.41) is 3.44. The summed E-state index contributed by atoms with van der Waals surface area (Å²) < 4.78 is 14.1. The van der Waals surface area contributed by atoms with Gasteiger partial charge in [-0.15, -0.1) is 0 Å². The van der Waals surface area contributed by atoms with Gasteiger partial charge in [0.2, 0.25) is 5.95 Å². The molecule has 6 nitrogen and oxygen atoms in total. The van der Waals surface area contributed by atoms with Crippen LogP contribution in [0.2, 0.25) is 5.02 Å². The highest BCUT2D eigenvalue weighted by Crippen LogP contribution is 2.23. The topological polar surface area (TPSA) is 61.4 Å². The van der Waals surface area contributed by atoms with Gasteiger partial charge in [0.1, 0.15) is 11.6 Å². The van der Waals surface area contributed by atoms with Gasteiger partial charge in [0.25, 0.3) is 5.91 Å². The molecule has 8 heteroatoms. The minimum absolute atomic E-state index is 0.0750. The second-order valence-corrected chi connectivity index (χ2v) is 7.97. The third-order valence-corrected chi connectivity index (χ3v) is 5.51. The SMILES string of the molecule is Cc1ccc(Nc2cc(C)nc(N3CCN(C(=O)c4c(F)cccc4Cl)CC3)n2)cc1. The molecule has 0 spiro atoms. The van der Waals surface area contributed by atoms with Crippen LogP contribution in [0.15, 0.2) is 48.5 Å². The zero-order valence-corrected chi connectivity index (χ0v) is 18.2. The summed E-state index contributed by atoms with van der Waals surface area (Å²) in [5.41, 5.74) is 2.91. The molecule has 0 atom stereocenters. The first-order valence-corrected chi connectivity index (χ1v) is 10.5. The molecular weight excluding hydrogens is 417 g/mol. The first-order chi connectivity index (χ1) is 14.9. The Morgan fingerprint density at radius 3 is 2.42 bits per heavy atom. The maximum atomic E-state index is 14.1. The van der Waals surface area contributed by atoms with Gasteiger partial charge in [-0.05, 0) is 38.1 Å². The number of benzene rings is 2. The molecule has 0 radical (unpaired) electrons. The van der Waals surface area contributed by atoms with Gasteiger partial charge < -0.3 is 15.1 Å². The molecule has 0 unspecified atom stereocenters. The third kappa shape index (κ3) is 4.77. The molecule has 0 saturated carbocycles. The summed E-state index contributed by atoms with van der Waals surface area (Å²) in [7, 11) is 0. The van der Waals surface area contributed by atoms with Crippen LogP contribution in [0.25, 0.3) is 0 Å². The summed E-state index contributed by atoms with van der Waals surface area (Å²) in [5.74, 6) is 0.317. The van der Waals surface area contributed by atoms with E-state index in [9.17, 15) is 9.18 Å². The first-order valence-electron chi connectivity index (χ1n) is 10.1. The molecule has 1 saturated heterocycles. The number of rotatable bonds is 4. The van der Waals surface area contributed by atoms with E-state index < -0.39 is 11.7 Å². The van der Waals surface area contributed by atoms with Gasteiger partial charge in [0.15, 0.2) is 0 Å². The lowest BCUT2D eigenvalue weighted by Crippen LogP contribution is -2.49. The molecule has 3 aromatic rings. The molecule has 1 N–H and O–H groups in total. The Morgan fingerprint density at radius 1 is 1.03 bits per heavy atom. The summed E-state index contributed by atoms with van der Waals surface area (Å²) >= 11 is 6.05. The maximum Gasteiger partial charge on any atom is 0.258 e. The number of hydrogen-bond donors (Lipinski definition) is 1. The maximum absolute atomic E-state index is 14.1. The van der Waals surface area contributed by atoms with Crippen LogP contribution in [-0.2, 0) is 0 Å². The quantitative estimate of drug-likeness (QED) is 0.644. The van der Waals surface area contributed by atoms with Crippen molar-refractivity contribution in [1.29, 1.82) is 0 Å². The summed E-state index contributed by atoms with van der Waals surface area (Å²) in [4.78, 5) is 25.6. The highest BCUT2D eigenvalue weighted by atomic mass is 35.5. The van der Waals surface area contributed by atoms with Crippen LogP contribution in [0, 0.1) is 19.7 Å². The average Bonchev–Trinajstić information content (AvgIpc) is 2.75. The van der Waals surface area contributed by atoms with Crippen LogP contribution >= 0.6 is 11.6 Å². The molecule has 0 bridgehead atoms. The fourth-order valence-electron chi connectivity index (χ4n) is 3.51. The molecule has 1 aliphatic heterocycles. The van der Waals surface area contributed by atoms with Gasteiger partial charge >= 0.3 is 0 Å². The summed E-state index contributed by atoms with van der Waals surface area (Å²) in [6.45, 7) is 5.92. The fraction of sp³-hybridized carbons (Fsp3) is 0.261. The Morgan fingerprint density at radius 2 is 1.74 bits per heavy atom. The number of piperazine rings is 1. The molecule has 1 amide bonds. The van der Waals surface area contributed by atoms with Crippen LogP contribution in [0.5, 0.6) is 0 Å². The molecule has 1 aromatic heterocycles. The van der Waals surface area contributed by atoms with E-state index in [2.05, 4.69) is 15.3 Å². The van der Waals surface area contributed by atoms with Crippen LogP contribution in [0.1, 0.15) is 21.6 Å². The number of anilines is 3. The molecule has 2 aromatic carbocycles. The third-order valence-electron chi connectivity index (χ3n) is 5.19. The van der Waals surface area contributed by atoms with Crippen molar-refractivity contribution in [3.05, 3.63) is 76.2 Å². The molecular formula is C23H23ClFN5O. The van der Waals surface area contributed by atoms with E-state index >= 15 is 0 Å². The minimum atomic E-state index is -0.603. The number of halogens is 2. The zero-order valence-electron chi connectivity index (χ0n) is 17.4. The Bertz CT molecular complexity index is 1080. The van der Waals surface area contributed by atoms with Gasteiger partial charge in [-0.25, -0.2) is 9.37 Å². The Kier molecular flexibility index (Phi) is 6.04. The van der Waals surface area contributed by atoms with Gasteiger partial charge in [-0.1, -0.05) is 35.4 Å². The van der Waals surface area contributed by atoms with Crippen molar-refractivity contribution in [3.63, 3.8) is 0 Å². The standard InChI is InChI=1S/C23H23ClFN5O/c1-15-6-8-17(9-7-15)27-20-14-16(2)26-23(28-20)30-12-10-29(11-13-30)22(31)21-18(24)4-3-5-19(21)25/h3-9,14H,10-13H2,1-2H3,(H,26,27,28). The van der Waals surface area contributed by atoms with Gasteiger partial charge in [0, 0.05) is 43.6 Å². The average molecular weight is 440 g/mol. The largest absolute Gasteiger partial charge is 0.340 e. The number of hydrogen-bond acceptors (Lipinski definition) is 5. The van der Waals surface area contributed by atoms with Crippen molar-refractivity contribution in [2.75, 3.05) is 36.4 Å². The molecule has 1 aliphatic rings. The lowest BCUT2D eigenvalue weighted by atomic mass is 10.1. The number of carbonyl (C=O) groups excluding carboxylic acids is 1. The van der Waals surface area contributed by atoms with E-state index in [4.69, 9.17) is 11.6 Å². The van der Waals surface area contributed by atoms with Crippen LogP contribution < -0.4 is 10.2 Å². The number of nitrogens with zero attached hydrogens (tertiary/aromatic N) is 4. The van der Waals surface area contributed by atoms with E-state index in [0.717, 1.165) is 11.4 Å². The van der Waals surface area contributed by atoms with Crippen molar-refractivity contribution in [3.8, 4) is 0 Å². The Labute approximate surface area is 185 Å². The van der Waals surface area contributed by atoms with Crippen molar-refractivity contribution in [2.24, 2.45) is 0 Å². The predicted molar refractivity (Wildman–Crippen MR) is 121 cm³/mol. The van der Waals surface area contributed by atoms with Crippen LogP contribution in [0.4, 0.5) is 21.8 Å².